The number of carbonyl (C=O) groups is 1. The van der Waals surface area contributed by atoms with Crippen molar-refractivity contribution < 1.29 is 4.79 Å². The van der Waals surface area contributed by atoms with Gasteiger partial charge in [-0.15, -0.1) is 0 Å². The highest BCUT2D eigenvalue weighted by Crippen LogP contribution is 2.30. The molecule has 0 radical (unpaired) electrons. The Balaban J connectivity index is 1.55. The van der Waals surface area contributed by atoms with Crippen LogP contribution in [0.5, 0.6) is 0 Å². The zero-order valence-electron chi connectivity index (χ0n) is 20.1. The quantitative estimate of drug-likeness (QED) is 0.427. The maximum Gasteiger partial charge on any atom is 0.307 e. The molecule has 5 aromatic rings. The highest BCUT2D eigenvalue weighted by molar-refractivity contribution is 6.05. The van der Waals surface area contributed by atoms with Gasteiger partial charge in [0.1, 0.15) is 0 Å². The number of rotatable bonds is 4. The second-order valence-electron chi connectivity index (χ2n) is 9.43. The first kappa shape index (κ1) is 22.0. The molecule has 0 bridgehead atoms. The first-order valence-corrected chi connectivity index (χ1v) is 11.9. The molecule has 3 aromatic carbocycles. The Morgan fingerprint density at radius 1 is 0.972 bits per heavy atom. The summed E-state index contributed by atoms with van der Waals surface area (Å²) in [5, 5.41) is 4.43. The van der Waals surface area contributed by atoms with Crippen molar-refractivity contribution in [1.29, 1.82) is 0 Å². The first-order valence-electron chi connectivity index (χ1n) is 11.9. The largest absolute Gasteiger partial charge is 0.352 e. The Morgan fingerprint density at radius 2 is 1.78 bits per heavy atom. The molecule has 36 heavy (non-hydrogen) atoms. The van der Waals surface area contributed by atoms with Crippen LogP contribution in [-0.4, -0.2) is 41.0 Å². The van der Waals surface area contributed by atoms with Crippen LogP contribution in [0.1, 0.15) is 21.5 Å². The van der Waals surface area contributed by atoms with Gasteiger partial charge in [-0.1, -0.05) is 36.4 Å². The smallest absolute Gasteiger partial charge is 0.307 e. The van der Waals surface area contributed by atoms with Crippen LogP contribution >= 0.6 is 0 Å². The summed E-state index contributed by atoms with van der Waals surface area (Å²) in [6.45, 7) is 1.47. The number of benzene rings is 3. The molecule has 6 rings (SSSR count). The minimum absolute atomic E-state index is 0.0798. The summed E-state index contributed by atoms with van der Waals surface area (Å²) in [6, 6.07) is 25.9. The van der Waals surface area contributed by atoms with E-state index in [1.807, 2.05) is 18.2 Å². The summed E-state index contributed by atoms with van der Waals surface area (Å²) in [4.78, 5) is 32.1. The molecule has 6 heteroatoms. The molecular formula is C30H24N4O2. The molecule has 0 atom stereocenters. The molecule has 0 fully saturated rings. The van der Waals surface area contributed by atoms with Crippen molar-refractivity contribution in [2.75, 3.05) is 20.6 Å². The Bertz CT molecular complexity index is 1700. The molecule has 6 nitrogen and oxygen atoms in total. The van der Waals surface area contributed by atoms with Crippen molar-refractivity contribution in [2.24, 2.45) is 0 Å². The van der Waals surface area contributed by atoms with Crippen LogP contribution in [-0.2, 0) is 13.0 Å². The van der Waals surface area contributed by atoms with Gasteiger partial charge < -0.3 is 10.2 Å². The Labute approximate surface area is 208 Å². The number of amides is 1. The van der Waals surface area contributed by atoms with Crippen LogP contribution in [0.2, 0.25) is 0 Å². The molecule has 0 saturated carbocycles. The van der Waals surface area contributed by atoms with E-state index in [0.717, 1.165) is 46.1 Å². The van der Waals surface area contributed by atoms with Gasteiger partial charge in [-0.05, 0) is 73.1 Å². The third-order valence-electron chi connectivity index (χ3n) is 6.63. The lowest BCUT2D eigenvalue weighted by molar-refractivity contribution is 0.0946. The maximum absolute atomic E-state index is 13.2. The van der Waals surface area contributed by atoms with Crippen LogP contribution in [0.3, 0.4) is 0 Å². The van der Waals surface area contributed by atoms with E-state index in [1.165, 1.54) is 5.56 Å². The normalized spacial score (nSPS) is 13.0. The van der Waals surface area contributed by atoms with Crippen LogP contribution < -0.4 is 10.9 Å². The summed E-state index contributed by atoms with van der Waals surface area (Å²) >= 11 is 0. The predicted octanol–water partition coefficient (Wildman–Crippen LogP) is 4.15. The highest BCUT2D eigenvalue weighted by Gasteiger charge is 2.18. The fraction of sp³-hybridized carbons (Fsp3) is 0.167. The minimum Gasteiger partial charge on any atom is -0.352 e. The van der Waals surface area contributed by atoms with Crippen molar-refractivity contribution in [2.45, 2.75) is 13.0 Å². The van der Waals surface area contributed by atoms with Crippen LogP contribution in [0.15, 0.2) is 71.7 Å². The van der Waals surface area contributed by atoms with Crippen molar-refractivity contribution in [3.05, 3.63) is 106 Å². The molecule has 1 aliphatic rings. The fourth-order valence-corrected chi connectivity index (χ4v) is 4.94. The van der Waals surface area contributed by atoms with Crippen LogP contribution in [0.25, 0.3) is 38.6 Å². The molecule has 3 heterocycles. The number of nitrogens with one attached hydrogen (secondary N) is 1. The number of fused-ring (bicyclic) bond motifs is 4. The second kappa shape index (κ2) is 8.63. The Kier molecular flexibility index (Phi) is 5.28. The van der Waals surface area contributed by atoms with Gasteiger partial charge in [-0.25, -0.2) is 0 Å². The van der Waals surface area contributed by atoms with E-state index < -0.39 is 0 Å². The van der Waals surface area contributed by atoms with E-state index >= 15 is 0 Å². The van der Waals surface area contributed by atoms with Gasteiger partial charge in [-0.3, -0.25) is 19.1 Å². The molecule has 0 unspecified atom stereocenters. The monoisotopic (exact) mass is 472 g/mol. The zero-order valence-corrected chi connectivity index (χ0v) is 20.1. The average Bonchev–Trinajstić information content (AvgIpc) is 2.88. The molecule has 1 N–H and O–H groups in total. The summed E-state index contributed by atoms with van der Waals surface area (Å²) in [5.74, 6) is -0.0798. The van der Waals surface area contributed by atoms with Gasteiger partial charge >= 0.3 is 5.56 Å². The van der Waals surface area contributed by atoms with E-state index in [4.69, 9.17) is 0 Å². The van der Waals surface area contributed by atoms with Crippen molar-refractivity contribution >= 4 is 27.7 Å². The molecule has 0 aliphatic carbocycles. The predicted molar refractivity (Wildman–Crippen MR) is 141 cm³/mol. The van der Waals surface area contributed by atoms with Gasteiger partial charge in [0, 0.05) is 36.3 Å². The highest BCUT2D eigenvalue weighted by atomic mass is 16.1. The molecule has 0 saturated heterocycles. The van der Waals surface area contributed by atoms with Crippen molar-refractivity contribution in [1.82, 2.24) is 19.8 Å². The number of nitrogens with zero attached hydrogens (tertiary/aromatic N) is 3. The number of hydrogen-bond donors (Lipinski definition) is 1. The van der Waals surface area contributed by atoms with Crippen LogP contribution in [0, 0.1) is 12.1 Å². The molecular weight excluding hydrogens is 448 g/mol. The number of aromatic nitrogens is 2. The van der Waals surface area contributed by atoms with Crippen molar-refractivity contribution in [3.63, 3.8) is 0 Å². The average molecular weight is 473 g/mol. The second-order valence-corrected chi connectivity index (χ2v) is 9.43. The number of hydrogen-bond acceptors (Lipinski definition) is 4. The van der Waals surface area contributed by atoms with Gasteiger partial charge in [0.25, 0.3) is 5.91 Å². The summed E-state index contributed by atoms with van der Waals surface area (Å²) in [6.07, 6.45) is 2.45. The minimum atomic E-state index is -0.298. The lowest BCUT2D eigenvalue weighted by Crippen LogP contribution is -2.32. The standard InChI is InChI=1S/C30H24N4O2/c1-33(2)18-19-3-5-20(6-4-19)21-7-11-27-26(16-21)29-23(17-32-27)8-12-28(35)34(29)24-9-10-25-22(15-24)13-14-31-30(25)36/h3-7,9-11,15-17H,13-14,18H2,1-2H3,(H,31,36). The molecule has 1 aliphatic heterocycles. The van der Waals surface area contributed by atoms with E-state index in [0.29, 0.717) is 23.2 Å². The molecule has 2 aromatic heterocycles. The van der Waals surface area contributed by atoms with Gasteiger partial charge in [0.05, 0.1) is 22.1 Å². The molecule has 0 spiro atoms. The Morgan fingerprint density at radius 3 is 2.58 bits per heavy atom. The third kappa shape index (κ3) is 3.80. The lowest BCUT2D eigenvalue weighted by atomic mass is 9.99. The first-order chi connectivity index (χ1) is 17.5. The zero-order chi connectivity index (χ0) is 24.8. The maximum atomic E-state index is 13.2. The summed E-state index contributed by atoms with van der Waals surface area (Å²) < 4.78 is 1.66. The van der Waals surface area contributed by atoms with Crippen LogP contribution in [0.4, 0.5) is 0 Å². The number of carbonyl (C=O) groups excluding carboxylic acids is 1. The van der Waals surface area contributed by atoms with E-state index in [-0.39, 0.29) is 11.5 Å². The van der Waals surface area contributed by atoms with E-state index in [2.05, 4.69) is 77.8 Å². The number of pyridine rings is 1. The van der Waals surface area contributed by atoms with Gasteiger partial charge in [0.15, 0.2) is 0 Å². The lowest BCUT2D eigenvalue weighted by Gasteiger charge is -2.18. The molecule has 176 valence electrons. The van der Waals surface area contributed by atoms with Crippen molar-refractivity contribution in [3.8, 4) is 16.8 Å². The topological polar surface area (TPSA) is 67.2 Å². The van der Waals surface area contributed by atoms with E-state index in [9.17, 15) is 9.59 Å². The summed E-state index contributed by atoms with van der Waals surface area (Å²) in [7, 11) is 4.11. The van der Waals surface area contributed by atoms with Gasteiger partial charge in [0.2, 0.25) is 0 Å². The fourth-order valence-electron chi connectivity index (χ4n) is 4.94. The molecule has 1 amide bonds. The Hall–Kier alpha value is -4.47. The SMILES string of the molecule is CN(C)Cc1ccc(-c2ccc3ncc4c#cc(=O)n(-c5ccc6c(c5)CCNC6=O)c4c3c2)cc1. The van der Waals surface area contributed by atoms with Gasteiger partial charge in [-0.2, -0.15) is 0 Å². The van der Waals surface area contributed by atoms with E-state index in [1.54, 1.807) is 16.8 Å². The summed E-state index contributed by atoms with van der Waals surface area (Å²) in [5.41, 5.74) is 6.90. The third-order valence-corrected chi connectivity index (χ3v) is 6.63.